The Bertz CT molecular complexity index is 567. The Balaban J connectivity index is 1.15. The number of nitrogens with one attached hydrogen (secondary N) is 1. The first-order chi connectivity index (χ1) is 12.2. The fraction of sp³-hybridized carbons (Fsp3) is 0.667. The highest BCUT2D eigenvalue weighted by Crippen LogP contribution is 2.54. The number of amides is 1. The molecular formula is C21H30N2O2. The molecule has 1 aromatic carbocycles. The molecule has 0 bridgehead atoms. The Hall–Kier alpha value is -1.55. The van der Waals surface area contributed by atoms with Crippen LogP contribution in [0.5, 0.6) is 0 Å². The largest absolute Gasteiger partial charge is 0.445 e. The molecule has 3 fully saturated rings. The van der Waals surface area contributed by atoms with Crippen molar-refractivity contribution in [2.24, 2.45) is 5.41 Å². The lowest BCUT2D eigenvalue weighted by molar-refractivity contribution is 0.0889. The molecule has 0 radical (unpaired) electrons. The van der Waals surface area contributed by atoms with Crippen LogP contribution in [-0.2, 0) is 11.3 Å². The second kappa shape index (κ2) is 7.36. The number of ether oxygens (including phenoxy) is 1. The van der Waals surface area contributed by atoms with E-state index in [1.54, 1.807) is 0 Å². The summed E-state index contributed by atoms with van der Waals surface area (Å²) in [4.78, 5) is 14.7. The molecule has 1 N–H and O–H groups in total. The topological polar surface area (TPSA) is 41.6 Å². The number of likely N-dealkylation sites (tertiary alicyclic amines) is 1. The predicted molar refractivity (Wildman–Crippen MR) is 98.3 cm³/mol. The Morgan fingerprint density at radius 2 is 1.72 bits per heavy atom. The minimum absolute atomic E-state index is 0.277. The normalized spacial score (nSPS) is 28.5. The third-order valence-electron chi connectivity index (χ3n) is 6.56. The van der Waals surface area contributed by atoms with Crippen LogP contribution in [0.4, 0.5) is 4.79 Å². The van der Waals surface area contributed by atoms with Crippen LogP contribution in [-0.4, -0.2) is 36.2 Å². The molecule has 4 heteroatoms. The molecule has 1 heterocycles. The first kappa shape index (κ1) is 16.9. The third-order valence-corrected chi connectivity index (χ3v) is 6.56. The van der Waals surface area contributed by atoms with Gasteiger partial charge in [-0.25, -0.2) is 4.79 Å². The maximum Gasteiger partial charge on any atom is 0.407 e. The summed E-state index contributed by atoms with van der Waals surface area (Å²) in [6.45, 7) is 2.93. The molecule has 0 aromatic heterocycles. The molecule has 2 saturated carbocycles. The minimum atomic E-state index is -0.277. The molecule has 1 spiro atoms. The summed E-state index contributed by atoms with van der Waals surface area (Å²) in [6.07, 6.45) is 10.1. The van der Waals surface area contributed by atoms with Gasteiger partial charge in [-0.2, -0.15) is 0 Å². The van der Waals surface area contributed by atoms with Crippen molar-refractivity contribution in [1.29, 1.82) is 0 Å². The summed E-state index contributed by atoms with van der Waals surface area (Å²) >= 11 is 0. The molecule has 4 rings (SSSR count). The van der Waals surface area contributed by atoms with Gasteiger partial charge >= 0.3 is 6.09 Å². The molecule has 0 atom stereocenters. The van der Waals surface area contributed by atoms with Gasteiger partial charge in [0, 0.05) is 12.1 Å². The van der Waals surface area contributed by atoms with Crippen molar-refractivity contribution in [3.05, 3.63) is 35.9 Å². The number of nitrogens with zero attached hydrogens (tertiary/aromatic N) is 1. The second-order valence-corrected chi connectivity index (χ2v) is 8.25. The maximum atomic E-state index is 12.0. The number of alkyl carbamates (subject to hydrolysis) is 1. The highest BCUT2D eigenvalue weighted by molar-refractivity contribution is 5.67. The predicted octanol–water partition coefficient (Wildman–Crippen LogP) is 4.10. The van der Waals surface area contributed by atoms with Crippen molar-refractivity contribution in [2.75, 3.05) is 13.1 Å². The zero-order valence-electron chi connectivity index (χ0n) is 15.1. The van der Waals surface area contributed by atoms with E-state index in [1.807, 2.05) is 30.3 Å². The van der Waals surface area contributed by atoms with Gasteiger partial charge in [-0.15, -0.1) is 0 Å². The molecular weight excluding hydrogens is 312 g/mol. The van der Waals surface area contributed by atoms with Gasteiger partial charge in [0.1, 0.15) is 6.61 Å². The third kappa shape index (κ3) is 4.35. The summed E-state index contributed by atoms with van der Waals surface area (Å²) in [5.74, 6) is 0. The van der Waals surface area contributed by atoms with Crippen LogP contribution in [0.1, 0.15) is 56.9 Å². The van der Waals surface area contributed by atoms with Crippen LogP contribution in [0.3, 0.4) is 0 Å². The average molecular weight is 342 g/mol. The monoisotopic (exact) mass is 342 g/mol. The van der Waals surface area contributed by atoms with E-state index in [2.05, 4.69) is 10.2 Å². The molecule has 1 aromatic rings. The van der Waals surface area contributed by atoms with Crippen LogP contribution in [0.25, 0.3) is 0 Å². The Morgan fingerprint density at radius 3 is 2.36 bits per heavy atom. The van der Waals surface area contributed by atoms with Gasteiger partial charge in [-0.3, -0.25) is 0 Å². The number of benzene rings is 1. The molecule has 1 aliphatic heterocycles. The van der Waals surface area contributed by atoms with E-state index in [1.165, 1.54) is 51.6 Å². The standard InChI is InChI=1S/C21H30N2O2/c24-20(25-16-17-4-2-1-3-5-17)22-18-6-8-19(9-7-18)23-14-12-21(10-11-21)13-15-23/h1-5,18-19H,6-16H2,(H,22,24)/t18-,19-. The van der Waals surface area contributed by atoms with Gasteiger partial charge < -0.3 is 15.0 Å². The fourth-order valence-corrected chi connectivity index (χ4v) is 4.56. The highest BCUT2D eigenvalue weighted by atomic mass is 16.5. The number of hydrogen-bond donors (Lipinski definition) is 1. The van der Waals surface area contributed by atoms with Crippen LogP contribution >= 0.6 is 0 Å². The van der Waals surface area contributed by atoms with Gasteiger partial charge in [0.2, 0.25) is 0 Å². The lowest BCUT2D eigenvalue weighted by atomic mass is 9.87. The Morgan fingerprint density at radius 1 is 1.04 bits per heavy atom. The zero-order chi connectivity index (χ0) is 17.1. The van der Waals surface area contributed by atoms with Crippen molar-refractivity contribution in [3.8, 4) is 0 Å². The van der Waals surface area contributed by atoms with Crippen molar-refractivity contribution >= 4 is 6.09 Å². The first-order valence-corrected chi connectivity index (χ1v) is 9.94. The van der Waals surface area contributed by atoms with E-state index in [0.717, 1.165) is 29.9 Å². The number of hydrogen-bond acceptors (Lipinski definition) is 3. The highest BCUT2D eigenvalue weighted by Gasteiger charge is 2.45. The van der Waals surface area contributed by atoms with Gasteiger partial charge in [0.25, 0.3) is 0 Å². The summed E-state index contributed by atoms with van der Waals surface area (Å²) < 4.78 is 5.34. The molecule has 2 aliphatic carbocycles. The molecule has 0 unspecified atom stereocenters. The van der Waals surface area contributed by atoms with Crippen LogP contribution in [0.2, 0.25) is 0 Å². The van der Waals surface area contributed by atoms with Crippen molar-refractivity contribution in [2.45, 2.75) is 70.1 Å². The summed E-state index contributed by atoms with van der Waals surface area (Å²) in [7, 11) is 0. The van der Waals surface area contributed by atoms with E-state index >= 15 is 0 Å². The minimum Gasteiger partial charge on any atom is -0.445 e. The average Bonchev–Trinajstić information content (AvgIpc) is 3.41. The van der Waals surface area contributed by atoms with E-state index in [9.17, 15) is 4.79 Å². The fourth-order valence-electron chi connectivity index (χ4n) is 4.56. The SMILES string of the molecule is O=C(N[C@H]1CC[C@H](N2CCC3(CC2)CC3)CC1)OCc1ccccc1. The van der Waals surface area contributed by atoms with Crippen molar-refractivity contribution in [3.63, 3.8) is 0 Å². The molecule has 4 nitrogen and oxygen atoms in total. The smallest absolute Gasteiger partial charge is 0.407 e. The van der Waals surface area contributed by atoms with E-state index in [4.69, 9.17) is 4.74 Å². The molecule has 3 aliphatic rings. The van der Waals surface area contributed by atoms with Gasteiger partial charge in [-0.1, -0.05) is 30.3 Å². The van der Waals surface area contributed by atoms with E-state index < -0.39 is 0 Å². The molecule has 1 saturated heterocycles. The molecule has 25 heavy (non-hydrogen) atoms. The van der Waals surface area contributed by atoms with Crippen molar-refractivity contribution < 1.29 is 9.53 Å². The second-order valence-electron chi connectivity index (χ2n) is 8.25. The van der Waals surface area contributed by atoms with Gasteiger partial charge in [0.05, 0.1) is 0 Å². The van der Waals surface area contributed by atoms with Crippen molar-refractivity contribution in [1.82, 2.24) is 10.2 Å². The number of rotatable bonds is 4. The lowest BCUT2D eigenvalue weighted by Gasteiger charge is -2.41. The van der Waals surface area contributed by atoms with Gasteiger partial charge in [-0.05, 0) is 75.4 Å². The number of carbonyl (C=O) groups is 1. The van der Waals surface area contributed by atoms with Crippen LogP contribution in [0.15, 0.2) is 30.3 Å². The van der Waals surface area contributed by atoms with E-state index in [-0.39, 0.29) is 12.1 Å². The van der Waals surface area contributed by atoms with Crippen LogP contribution < -0.4 is 5.32 Å². The maximum absolute atomic E-state index is 12.0. The summed E-state index contributed by atoms with van der Waals surface area (Å²) in [5.41, 5.74) is 1.79. The van der Waals surface area contributed by atoms with Gasteiger partial charge in [0.15, 0.2) is 0 Å². The Kier molecular flexibility index (Phi) is 4.98. The summed E-state index contributed by atoms with van der Waals surface area (Å²) in [5, 5.41) is 3.06. The molecule has 136 valence electrons. The first-order valence-electron chi connectivity index (χ1n) is 9.94. The van der Waals surface area contributed by atoms with Crippen LogP contribution in [0, 0.1) is 5.41 Å². The molecule has 1 amide bonds. The zero-order valence-corrected chi connectivity index (χ0v) is 15.1. The lowest BCUT2D eigenvalue weighted by Crippen LogP contribution is -2.46. The number of piperidine rings is 1. The summed E-state index contributed by atoms with van der Waals surface area (Å²) in [6, 6.07) is 10.8. The van der Waals surface area contributed by atoms with E-state index in [0.29, 0.717) is 6.61 Å². The Labute approximate surface area is 150 Å². The number of carbonyl (C=O) groups excluding carboxylic acids is 1. The quantitative estimate of drug-likeness (QED) is 0.896.